The summed E-state index contributed by atoms with van der Waals surface area (Å²) >= 11 is 1.72. The Morgan fingerprint density at radius 2 is 2.17 bits per heavy atom. The van der Waals surface area contributed by atoms with Gasteiger partial charge < -0.3 is 14.7 Å². The molecule has 2 rings (SSSR count). The Bertz CT molecular complexity index is 578. The predicted molar refractivity (Wildman–Crippen MR) is 95.6 cm³/mol. The summed E-state index contributed by atoms with van der Waals surface area (Å²) in [4.78, 5) is 25.4. The molecule has 132 valence electrons. The van der Waals surface area contributed by atoms with Crippen LogP contribution in [-0.4, -0.2) is 53.1 Å². The van der Waals surface area contributed by atoms with E-state index in [1.54, 1.807) is 23.8 Å². The second kappa shape index (κ2) is 8.97. The summed E-state index contributed by atoms with van der Waals surface area (Å²) in [5.41, 5.74) is 1.09. The molecule has 1 heterocycles. The van der Waals surface area contributed by atoms with Gasteiger partial charge in [0.15, 0.2) is 0 Å². The standard InChI is InChI=1S/C18H25NO4S/c1-13(9-14-5-3-4-6-16(14)23-2)10-17(20)19-7-8-24-12-15(19)11-18(21)22/h3-6,13,15H,7-12H2,1-2H3,(H,21,22). The molecule has 1 aliphatic heterocycles. The Hall–Kier alpha value is -1.69. The third-order valence-corrected chi connectivity index (χ3v) is 5.33. The molecule has 0 aliphatic carbocycles. The van der Waals surface area contributed by atoms with E-state index in [0.29, 0.717) is 18.7 Å². The number of rotatable bonds is 7. The van der Waals surface area contributed by atoms with Crippen LogP contribution in [0.1, 0.15) is 25.3 Å². The van der Waals surface area contributed by atoms with Gasteiger partial charge in [0, 0.05) is 24.5 Å². The topological polar surface area (TPSA) is 66.8 Å². The van der Waals surface area contributed by atoms with Crippen molar-refractivity contribution in [3.05, 3.63) is 29.8 Å². The molecular weight excluding hydrogens is 326 g/mol. The Morgan fingerprint density at radius 1 is 1.42 bits per heavy atom. The molecule has 1 N–H and O–H groups in total. The number of para-hydroxylation sites is 1. The Kier molecular flexibility index (Phi) is 6.97. The zero-order valence-corrected chi connectivity index (χ0v) is 15.1. The van der Waals surface area contributed by atoms with Crippen LogP contribution in [0.3, 0.4) is 0 Å². The highest BCUT2D eigenvalue weighted by Crippen LogP contribution is 2.24. The van der Waals surface area contributed by atoms with Gasteiger partial charge in [0.05, 0.1) is 19.6 Å². The second-order valence-electron chi connectivity index (χ2n) is 6.24. The van der Waals surface area contributed by atoms with Crippen LogP contribution in [0.2, 0.25) is 0 Å². The van der Waals surface area contributed by atoms with Gasteiger partial charge in [0.2, 0.25) is 5.91 Å². The van der Waals surface area contributed by atoms with Crippen LogP contribution in [0.15, 0.2) is 24.3 Å². The molecule has 2 unspecified atom stereocenters. The van der Waals surface area contributed by atoms with Gasteiger partial charge in [-0.1, -0.05) is 25.1 Å². The number of carbonyl (C=O) groups excluding carboxylic acids is 1. The summed E-state index contributed by atoms with van der Waals surface area (Å²) in [5.74, 6) is 1.82. The van der Waals surface area contributed by atoms with Crippen LogP contribution in [0.4, 0.5) is 0 Å². The van der Waals surface area contributed by atoms with Crippen molar-refractivity contribution in [1.29, 1.82) is 0 Å². The zero-order valence-electron chi connectivity index (χ0n) is 14.2. The highest BCUT2D eigenvalue weighted by Gasteiger charge is 2.29. The van der Waals surface area contributed by atoms with Crippen LogP contribution in [0.5, 0.6) is 5.75 Å². The van der Waals surface area contributed by atoms with Crippen LogP contribution in [0, 0.1) is 5.92 Å². The van der Waals surface area contributed by atoms with E-state index in [1.165, 1.54) is 0 Å². The quantitative estimate of drug-likeness (QED) is 0.818. The number of benzene rings is 1. The van der Waals surface area contributed by atoms with E-state index in [2.05, 4.69) is 6.92 Å². The van der Waals surface area contributed by atoms with Crippen molar-refractivity contribution >= 4 is 23.6 Å². The van der Waals surface area contributed by atoms with Crippen LogP contribution >= 0.6 is 11.8 Å². The first-order valence-corrected chi connectivity index (χ1v) is 9.37. The van der Waals surface area contributed by atoms with Gasteiger partial charge in [-0.05, 0) is 24.0 Å². The highest BCUT2D eigenvalue weighted by molar-refractivity contribution is 7.99. The van der Waals surface area contributed by atoms with E-state index in [4.69, 9.17) is 9.84 Å². The molecule has 0 bridgehead atoms. The van der Waals surface area contributed by atoms with E-state index in [9.17, 15) is 9.59 Å². The molecule has 0 spiro atoms. The normalized spacial score (nSPS) is 18.9. The van der Waals surface area contributed by atoms with Crippen LogP contribution in [0.25, 0.3) is 0 Å². The fourth-order valence-corrected chi connectivity index (χ4v) is 4.15. The van der Waals surface area contributed by atoms with E-state index in [0.717, 1.165) is 23.5 Å². The summed E-state index contributed by atoms with van der Waals surface area (Å²) < 4.78 is 5.36. The number of carboxylic acid groups (broad SMARTS) is 1. The largest absolute Gasteiger partial charge is 0.496 e. The number of aliphatic carboxylic acids is 1. The lowest BCUT2D eigenvalue weighted by Crippen LogP contribution is -2.47. The first-order chi connectivity index (χ1) is 11.5. The minimum Gasteiger partial charge on any atom is -0.496 e. The summed E-state index contributed by atoms with van der Waals surface area (Å²) in [5, 5.41) is 9.04. The molecule has 1 aliphatic rings. The Balaban J connectivity index is 1.95. The van der Waals surface area contributed by atoms with Gasteiger partial charge >= 0.3 is 5.97 Å². The number of nitrogens with zero attached hydrogens (tertiary/aromatic N) is 1. The number of ether oxygens (including phenoxy) is 1. The number of methoxy groups -OCH3 is 1. The average Bonchev–Trinajstić information content (AvgIpc) is 2.55. The minimum absolute atomic E-state index is 0.0274. The van der Waals surface area contributed by atoms with Crippen LogP contribution < -0.4 is 4.74 Å². The number of hydrogen-bond acceptors (Lipinski definition) is 4. The molecule has 2 atom stereocenters. The second-order valence-corrected chi connectivity index (χ2v) is 7.39. The molecule has 0 saturated carbocycles. The number of amides is 1. The van der Waals surface area contributed by atoms with Crippen molar-refractivity contribution in [2.45, 2.75) is 32.2 Å². The van der Waals surface area contributed by atoms with Gasteiger partial charge in [0.1, 0.15) is 5.75 Å². The third kappa shape index (κ3) is 5.16. The molecule has 0 aromatic heterocycles. The van der Waals surface area contributed by atoms with E-state index < -0.39 is 5.97 Å². The minimum atomic E-state index is -0.845. The lowest BCUT2D eigenvalue weighted by Gasteiger charge is -2.35. The fraction of sp³-hybridized carbons (Fsp3) is 0.556. The summed E-state index contributed by atoms with van der Waals surface area (Å²) in [6.45, 7) is 2.69. The smallest absolute Gasteiger partial charge is 0.305 e. The molecule has 1 fully saturated rings. The number of carbonyl (C=O) groups is 2. The summed E-state index contributed by atoms with van der Waals surface area (Å²) in [6, 6.07) is 7.66. The van der Waals surface area contributed by atoms with Crippen molar-refractivity contribution in [2.75, 3.05) is 25.2 Å². The maximum Gasteiger partial charge on any atom is 0.305 e. The van der Waals surface area contributed by atoms with Crippen LogP contribution in [-0.2, 0) is 16.0 Å². The third-order valence-electron chi connectivity index (χ3n) is 4.24. The SMILES string of the molecule is COc1ccccc1CC(C)CC(=O)N1CCSCC1CC(=O)O. The van der Waals surface area contributed by atoms with Gasteiger partial charge in [0.25, 0.3) is 0 Å². The lowest BCUT2D eigenvalue weighted by molar-refractivity contribution is -0.140. The van der Waals surface area contributed by atoms with Crippen molar-refractivity contribution in [3.8, 4) is 5.75 Å². The van der Waals surface area contributed by atoms with Crippen molar-refractivity contribution < 1.29 is 19.4 Å². The first kappa shape index (κ1) is 18.6. The van der Waals surface area contributed by atoms with E-state index >= 15 is 0 Å². The molecule has 1 aromatic rings. The Labute approximate surface area is 147 Å². The lowest BCUT2D eigenvalue weighted by atomic mass is 9.96. The molecule has 24 heavy (non-hydrogen) atoms. The number of carboxylic acids is 1. The monoisotopic (exact) mass is 351 g/mol. The van der Waals surface area contributed by atoms with Crippen molar-refractivity contribution in [2.24, 2.45) is 5.92 Å². The fourth-order valence-electron chi connectivity index (χ4n) is 3.09. The van der Waals surface area contributed by atoms with Gasteiger partial charge in [-0.2, -0.15) is 11.8 Å². The maximum atomic E-state index is 12.6. The Morgan fingerprint density at radius 3 is 2.88 bits per heavy atom. The van der Waals surface area contributed by atoms with Gasteiger partial charge in [-0.25, -0.2) is 0 Å². The highest BCUT2D eigenvalue weighted by atomic mass is 32.2. The molecule has 0 radical (unpaired) electrons. The van der Waals surface area contributed by atoms with Crippen molar-refractivity contribution in [3.63, 3.8) is 0 Å². The summed E-state index contributed by atoms with van der Waals surface area (Å²) in [7, 11) is 1.65. The van der Waals surface area contributed by atoms with E-state index in [-0.39, 0.29) is 24.3 Å². The molecule has 1 aromatic carbocycles. The van der Waals surface area contributed by atoms with E-state index in [1.807, 2.05) is 24.3 Å². The summed E-state index contributed by atoms with van der Waals surface area (Å²) in [6.07, 6.45) is 1.22. The average molecular weight is 351 g/mol. The molecular formula is C18H25NO4S. The molecule has 1 amide bonds. The molecule has 5 nitrogen and oxygen atoms in total. The van der Waals surface area contributed by atoms with Crippen molar-refractivity contribution in [1.82, 2.24) is 4.90 Å². The zero-order chi connectivity index (χ0) is 17.5. The molecule has 6 heteroatoms. The van der Waals surface area contributed by atoms with Gasteiger partial charge in [-0.15, -0.1) is 0 Å². The molecule has 1 saturated heterocycles. The maximum absolute atomic E-state index is 12.6. The first-order valence-electron chi connectivity index (χ1n) is 8.22. The predicted octanol–water partition coefficient (Wildman–Crippen LogP) is 2.68. The number of hydrogen-bond donors (Lipinski definition) is 1. The number of thioether (sulfide) groups is 1. The van der Waals surface area contributed by atoms with Gasteiger partial charge in [-0.3, -0.25) is 9.59 Å².